The molecule has 0 heterocycles. The number of hydrogen-bond donors (Lipinski definition) is 0. The third kappa shape index (κ3) is 9.59. The van der Waals surface area contributed by atoms with Gasteiger partial charge in [0.15, 0.2) is 5.78 Å². The molecule has 1 rings (SSSR count). The van der Waals surface area contributed by atoms with Crippen molar-refractivity contribution in [2.24, 2.45) is 0 Å². The highest BCUT2D eigenvalue weighted by molar-refractivity contribution is 6.07. The third-order valence-corrected chi connectivity index (χ3v) is 4.48. The Labute approximate surface area is 158 Å². The van der Waals surface area contributed by atoms with Crippen LogP contribution < -0.4 is 4.74 Å². The molecule has 0 atom stereocenters. The summed E-state index contributed by atoms with van der Waals surface area (Å²) in [6, 6.07) is 7.08. The van der Waals surface area contributed by atoms with E-state index < -0.39 is 5.97 Å². The Morgan fingerprint density at radius 2 is 1.42 bits per heavy atom. The number of rotatable bonds is 15. The van der Waals surface area contributed by atoms with E-state index in [9.17, 15) is 9.59 Å². The molecule has 0 spiro atoms. The highest BCUT2D eigenvalue weighted by Crippen LogP contribution is 2.20. The fourth-order valence-corrected chi connectivity index (χ4v) is 2.89. The number of unbranched alkanes of at least 4 members (excludes halogenated alkanes) is 9. The number of para-hydroxylation sites is 1. The summed E-state index contributed by atoms with van der Waals surface area (Å²) in [5.41, 5.74) is 0.449. The van der Waals surface area contributed by atoms with Crippen molar-refractivity contribution < 1.29 is 19.1 Å². The van der Waals surface area contributed by atoms with Gasteiger partial charge < -0.3 is 9.47 Å². The van der Waals surface area contributed by atoms with Crippen LogP contribution in [-0.4, -0.2) is 25.5 Å². The van der Waals surface area contributed by atoms with Crippen molar-refractivity contribution in [1.29, 1.82) is 0 Å². The molecular formula is C22H34O4. The van der Waals surface area contributed by atoms with Crippen molar-refractivity contribution in [2.75, 3.05) is 13.7 Å². The van der Waals surface area contributed by atoms with Crippen molar-refractivity contribution in [1.82, 2.24) is 0 Å². The van der Waals surface area contributed by atoms with E-state index in [4.69, 9.17) is 4.74 Å². The molecule has 0 aliphatic carbocycles. The Morgan fingerprint density at radius 1 is 0.846 bits per heavy atom. The summed E-state index contributed by atoms with van der Waals surface area (Å²) in [6.07, 6.45) is 12.5. The number of esters is 1. The zero-order valence-electron chi connectivity index (χ0n) is 16.4. The normalized spacial score (nSPS) is 10.5. The summed E-state index contributed by atoms with van der Waals surface area (Å²) in [5, 5.41) is 0. The molecule has 0 aliphatic heterocycles. The van der Waals surface area contributed by atoms with Crippen LogP contribution in [0.2, 0.25) is 0 Å². The Morgan fingerprint density at radius 3 is 2.04 bits per heavy atom. The third-order valence-electron chi connectivity index (χ3n) is 4.48. The summed E-state index contributed by atoms with van der Waals surface area (Å²) in [7, 11) is 1.28. The first kappa shape index (κ1) is 22.2. The van der Waals surface area contributed by atoms with E-state index in [1.165, 1.54) is 58.5 Å². The van der Waals surface area contributed by atoms with Gasteiger partial charge in [0.2, 0.25) is 0 Å². The topological polar surface area (TPSA) is 52.6 Å². The molecule has 26 heavy (non-hydrogen) atoms. The largest absolute Gasteiger partial charge is 0.493 e. The predicted molar refractivity (Wildman–Crippen MR) is 105 cm³/mol. The first-order valence-corrected chi connectivity index (χ1v) is 10.0. The van der Waals surface area contributed by atoms with E-state index in [0.29, 0.717) is 17.9 Å². The maximum absolute atomic E-state index is 12.2. The fourth-order valence-electron chi connectivity index (χ4n) is 2.89. The first-order chi connectivity index (χ1) is 12.7. The van der Waals surface area contributed by atoms with Gasteiger partial charge in [0.05, 0.1) is 19.3 Å². The first-order valence-electron chi connectivity index (χ1n) is 10.0. The van der Waals surface area contributed by atoms with Gasteiger partial charge in [-0.3, -0.25) is 9.59 Å². The molecule has 4 heteroatoms. The maximum Gasteiger partial charge on any atom is 0.313 e. The van der Waals surface area contributed by atoms with Crippen molar-refractivity contribution >= 4 is 11.8 Å². The fraction of sp³-hybridized carbons (Fsp3) is 0.636. The summed E-state index contributed by atoms with van der Waals surface area (Å²) in [4.78, 5) is 23.4. The van der Waals surface area contributed by atoms with Crippen LogP contribution in [0, 0.1) is 0 Å². The lowest BCUT2D eigenvalue weighted by Crippen LogP contribution is -2.11. The summed E-state index contributed by atoms with van der Waals surface area (Å²) >= 11 is 0. The lowest BCUT2D eigenvalue weighted by molar-refractivity contribution is -0.139. The number of Topliss-reactive ketones (excluding diaryl/α,β-unsaturated/α-hetero) is 1. The van der Waals surface area contributed by atoms with Crippen molar-refractivity contribution in [3.05, 3.63) is 29.8 Å². The van der Waals surface area contributed by atoms with Gasteiger partial charge in [0.1, 0.15) is 12.2 Å². The quantitative estimate of drug-likeness (QED) is 0.173. The molecule has 146 valence electrons. The molecule has 4 nitrogen and oxygen atoms in total. The molecule has 0 unspecified atom stereocenters. The van der Waals surface area contributed by atoms with Crippen molar-refractivity contribution in [3.8, 4) is 5.75 Å². The van der Waals surface area contributed by atoms with Crippen molar-refractivity contribution in [3.63, 3.8) is 0 Å². The molecule has 0 radical (unpaired) electrons. The minimum atomic E-state index is -0.528. The Balaban J connectivity index is 2.19. The predicted octanol–water partition coefficient (Wildman–Crippen LogP) is 5.73. The zero-order chi connectivity index (χ0) is 19.0. The number of methoxy groups -OCH3 is 1. The van der Waals surface area contributed by atoms with E-state index in [2.05, 4.69) is 11.7 Å². The lowest BCUT2D eigenvalue weighted by Gasteiger charge is -2.10. The maximum atomic E-state index is 12.2. The van der Waals surface area contributed by atoms with E-state index >= 15 is 0 Å². The Bertz CT molecular complexity index is 525. The molecule has 0 amide bonds. The van der Waals surface area contributed by atoms with Gasteiger partial charge in [-0.1, -0.05) is 76.8 Å². The van der Waals surface area contributed by atoms with Gasteiger partial charge >= 0.3 is 5.97 Å². The van der Waals surface area contributed by atoms with Crippen LogP contribution in [0.5, 0.6) is 5.75 Å². The standard InChI is InChI=1S/C22H34O4/c1-3-4-5-6-7-8-9-10-11-14-17-26-21-16-13-12-15-19(21)20(23)18-22(24)25-2/h12-13,15-16H,3-11,14,17-18H2,1-2H3. The Hall–Kier alpha value is -1.84. The number of ketones is 1. The second kappa shape index (κ2) is 14.3. The van der Waals surface area contributed by atoms with Crippen LogP contribution in [0.3, 0.4) is 0 Å². The number of ether oxygens (including phenoxy) is 2. The number of benzene rings is 1. The highest BCUT2D eigenvalue weighted by Gasteiger charge is 2.16. The molecule has 1 aromatic rings. The van der Waals surface area contributed by atoms with Crippen LogP contribution in [-0.2, 0) is 9.53 Å². The summed E-state index contributed by atoms with van der Waals surface area (Å²) in [5.74, 6) is -0.243. The molecule has 0 bridgehead atoms. The zero-order valence-corrected chi connectivity index (χ0v) is 16.4. The van der Waals surface area contributed by atoms with E-state index in [0.717, 1.165) is 12.8 Å². The number of hydrogen-bond acceptors (Lipinski definition) is 4. The SMILES string of the molecule is CCCCCCCCCCCCOc1ccccc1C(=O)CC(=O)OC. The molecule has 1 aromatic carbocycles. The molecule has 0 aliphatic rings. The van der Waals surface area contributed by atoms with E-state index in [1.54, 1.807) is 18.2 Å². The molecule has 0 fully saturated rings. The van der Waals surface area contributed by atoms with Crippen LogP contribution in [0.4, 0.5) is 0 Å². The Kier molecular flexibility index (Phi) is 12.2. The second-order valence-electron chi connectivity index (χ2n) is 6.70. The summed E-state index contributed by atoms with van der Waals surface area (Å²) in [6.45, 7) is 2.84. The van der Waals surface area contributed by atoms with Gasteiger partial charge in [0, 0.05) is 0 Å². The van der Waals surface area contributed by atoms with Crippen LogP contribution in [0.25, 0.3) is 0 Å². The molecule has 0 saturated heterocycles. The molecular weight excluding hydrogens is 328 g/mol. The van der Waals surface area contributed by atoms with Gasteiger partial charge in [-0.2, -0.15) is 0 Å². The number of carbonyl (C=O) groups is 2. The van der Waals surface area contributed by atoms with Crippen LogP contribution in [0.1, 0.15) is 87.9 Å². The number of carbonyl (C=O) groups excluding carboxylic acids is 2. The minimum Gasteiger partial charge on any atom is -0.493 e. The molecule has 0 aromatic heterocycles. The smallest absolute Gasteiger partial charge is 0.313 e. The van der Waals surface area contributed by atoms with Gasteiger partial charge in [-0.25, -0.2) is 0 Å². The average Bonchev–Trinajstić information content (AvgIpc) is 2.66. The average molecular weight is 363 g/mol. The monoisotopic (exact) mass is 362 g/mol. The minimum absolute atomic E-state index is 0.255. The molecule has 0 N–H and O–H groups in total. The summed E-state index contributed by atoms with van der Waals surface area (Å²) < 4.78 is 10.3. The van der Waals surface area contributed by atoms with Crippen molar-refractivity contribution in [2.45, 2.75) is 77.6 Å². The highest BCUT2D eigenvalue weighted by atomic mass is 16.5. The lowest BCUT2D eigenvalue weighted by atomic mass is 10.1. The molecule has 0 saturated carbocycles. The van der Waals surface area contributed by atoms with Crippen LogP contribution >= 0.6 is 0 Å². The van der Waals surface area contributed by atoms with E-state index in [1.807, 2.05) is 6.07 Å². The second-order valence-corrected chi connectivity index (χ2v) is 6.70. The van der Waals surface area contributed by atoms with Gasteiger partial charge in [0.25, 0.3) is 0 Å². The van der Waals surface area contributed by atoms with Gasteiger partial charge in [-0.05, 0) is 18.6 Å². The van der Waals surface area contributed by atoms with Gasteiger partial charge in [-0.15, -0.1) is 0 Å². The van der Waals surface area contributed by atoms with E-state index in [-0.39, 0.29) is 12.2 Å². The van der Waals surface area contributed by atoms with Crippen LogP contribution in [0.15, 0.2) is 24.3 Å².